The summed E-state index contributed by atoms with van der Waals surface area (Å²) in [6.07, 6.45) is 1.52. The van der Waals surface area contributed by atoms with Crippen molar-refractivity contribution in [1.29, 1.82) is 0 Å². The first-order valence-corrected chi connectivity index (χ1v) is 11.5. The van der Waals surface area contributed by atoms with Crippen molar-refractivity contribution in [3.05, 3.63) is 65.9 Å². The van der Waals surface area contributed by atoms with Crippen LogP contribution in [0.15, 0.2) is 60.9 Å². The summed E-state index contributed by atoms with van der Waals surface area (Å²) in [5, 5.41) is 13.6. The molecule has 1 saturated heterocycles. The summed E-state index contributed by atoms with van der Waals surface area (Å²) >= 11 is 6.01. The highest BCUT2D eigenvalue weighted by atomic mass is 35.5. The van der Waals surface area contributed by atoms with Crippen molar-refractivity contribution in [2.45, 2.75) is 0 Å². The van der Waals surface area contributed by atoms with E-state index in [-0.39, 0.29) is 11.8 Å². The molecular formula is C25H23ClN6O3. The van der Waals surface area contributed by atoms with Gasteiger partial charge < -0.3 is 25.0 Å². The van der Waals surface area contributed by atoms with Crippen LogP contribution in [-0.2, 0) is 0 Å². The van der Waals surface area contributed by atoms with Gasteiger partial charge in [-0.25, -0.2) is 19.7 Å². The zero-order valence-electron chi connectivity index (χ0n) is 19.0. The normalized spacial score (nSPS) is 13.7. The number of pyridine rings is 1. The van der Waals surface area contributed by atoms with Crippen LogP contribution in [0.4, 0.5) is 16.3 Å². The average Bonchev–Trinajstić information content (AvgIpc) is 2.88. The summed E-state index contributed by atoms with van der Waals surface area (Å²) in [7, 11) is 1.51. The molecule has 0 radical (unpaired) electrons. The third kappa shape index (κ3) is 4.76. The Bertz CT molecular complexity index is 1390. The van der Waals surface area contributed by atoms with Gasteiger partial charge in [0.15, 0.2) is 17.3 Å². The minimum absolute atomic E-state index is 0.0450. The zero-order chi connectivity index (χ0) is 24.4. The summed E-state index contributed by atoms with van der Waals surface area (Å²) in [5.41, 5.74) is 3.48. The maximum absolute atomic E-state index is 12.7. The molecule has 35 heavy (non-hydrogen) atoms. The molecular weight excluding hydrogens is 468 g/mol. The van der Waals surface area contributed by atoms with E-state index in [0.29, 0.717) is 59.7 Å². The van der Waals surface area contributed by atoms with Crippen molar-refractivity contribution in [2.75, 3.05) is 43.5 Å². The molecule has 2 amide bonds. The number of carbonyl (C=O) groups excluding carboxylic acids is 1. The van der Waals surface area contributed by atoms with E-state index in [1.807, 2.05) is 18.2 Å². The van der Waals surface area contributed by atoms with Gasteiger partial charge in [-0.1, -0.05) is 17.7 Å². The highest BCUT2D eigenvalue weighted by molar-refractivity contribution is 6.30. The van der Waals surface area contributed by atoms with Gasteiger partial charge in [0.2, 0.25) is 0 Å². The lowest BCUT2D eigenvalue weighted by atomic mass is 10.1. The van der Waals surface area contributed by atoms with E-state index in [2.05, 4.69) is 20.2 Å². The Morgan fingerprint density at radius 1 is 1.06 bits per heavy atom. The number of fused-ring (bicyclic) bond motifs is 1. The van der Waals surface area contributed by atoms with Crippen LogP contribution >= 0.6 is 11.6 Å². The zero-order valence-corrected chi connectivity index (χ0v) is 19.7. The molecule has 9 nitrogen and oxygen atoms in total. The van der Waals surface area contributed by atoms with Crippen molar-refractivity contribution >= 4 is 40.2 Å². The number of rotatable bonds is 4. The molecule has 0 aliphatic carbocycles. The van der Waals surface area contributed by atoms with Gasteiger partial charge in [0.1, 0.15) is 11.8 Å². The first-order chi connectivity index (χ1) is 17.0. The van der Waals surface area contributed by atoms with Crippen molar-refractivity contribution in [3.63, 3.8) is 0 Å². The molecule has 2 aromatic heterocycles. The van der Waals surface area contributed by atoms with Crippen LogP contribution < -0.4 is 15.0 Å². The molecule has 178 valence electrons. The second-order valence-corrected chi connectivity index (χ2v) is 8.50. The number of urea groups is 1. The maximum atomic E-state index is 12.7. The number of amides is 2. The van der Waals surface area contributed by atoms with E-state index in [9.17, 15) is 9.90 Å². The van der Waals surface area contributed by atoms with Crippen LogP contribution in [-0.4, -0.2) is 64.3 Å². The summed E-state index contributed by atoms with van der Waals surface area (Å²) in [5.74, 6) is 1.16. The van der Waals surface area contributed by atoms with Gasteiger partial charge in [0, 0.05) is 42.5 Å². The third-order valence-corrected chi connectivity index (χ3v) is 6.11. The van der Waals surface area contributed by atoms with Crippen molar-refractivity contribution < 1.29 is 14.6 Å². The number of nitrogens with one attached hydrogen (secondary N) is 1. The Labute approximate surface area is 207 Å². The van der Waals surface area contributed by atoms with Gasteiger partial charge in [0.25, 0.3) is 0 Å². The Morgan fingerprint density at radius 3 is 2.63 bits per heavy atom. The van der Waals surface area contributed by atoms with E-state index in [1.54, 1.807) is 41.3 Å². The fourth-order valence-corrected chi connectivity index (χ4v) is 4.25. The molecule has 1 aliphatic heterocycles. The summed E-state index contributed by atoms with van der Waals surface area (Å²) in [4.78, 5) is 30.2. The molecule has 0 unspecified atom stereocenters. The molecule has 10 heteroatoms. The second kappa shape index (κ2) is 9.63. The lowest BCUT2D eigenvalue weighted by Crippen LogP contribution is -2.50. The average molecular weight is 491 g/mol. The summed E-state index contributed by atoms with van der Waals surface area (Å²) in [6.45, 7) is 2.27. The highest BCUT2D eigenvalue weighted by Crippen LogP contribution is 2.32. The predicted molar refractivity (Wildman–Crippen MR) is 135 cm³/mol. The maximum Gasteiger partial charge on any atom is 0.321 e. The topological polar surface area (TPSA) is 104 Å². The lowest BCUT2D eigenvalue weighted by Gasteiger charge is -2.35. The van der Waals surface area contributed by atoms with Crippen molar-refractivity contribution in [2.24, 2.45) is 0 Å². The summed E-state index contributed by atoms with van der Waals surface area (Å²) in [6, 6.07) is 15.8. The molecule has 0 spiro atoms. The number of phenolic OH excluding ortho intramolecular Hbond substituents is 1. The predicted octanol–water partition coefficient (Wildman–Crippen LogP) is 4.41. The number of piperazine rings is 1. The molecule has 0 atom stereocenters. The number of ether oxygens (including phenoxy) is 1. The van der Waals surface area contributed by atoms with Crippen LogP contribution in [0.5, 0.6) is 11.5 Å². The molecule has 2 N–H and O–H groups in total. The number of phenols is 1. The number of methoxy groups -OCH3 is 1. The number of benzene rings is 2. The molecule has 0 bridgehead atoms. The van der Waals surface area contributed by atoms with Gasteiger partial charge in [-0.2, -0.15) is 0 Å². The number of halogens is 1. The number of nitrogens with zero attached hydrogens (tertiary/aromatic N) is 5. The smallest absolute Gasteiger partial charge is 0.321 e. The number of carbonyl (C=O) groups is 1. The van der Waals surface area contributed by atoms with Gasteiger partial charge in [-0.3, -0.25) is 0 Å². The van der Waals surface area contributed by atoms with Crippen molar-refractivity contribution in [1.82, 2.24) is 19.9 Å². The summed E-state index contributed by atoms with van der Waals surface area (Å²) < 4.78 is 5.13. The first-order valence-electron chi connectivity index (χ1n) is 11.1. The third-order valence-electron chi connectivity index (χ3n) is 5.88. The van der Waals surface area contributed by atoms with Crippen LogP contribution in [0.25, 0.3) is 22.3 Å². The van der Waals surface area contributed by atoms with E-state index in [0.717, 1.165) is 11.1 Å². The quantitative estimate of drug-likeness (QED) is 0.436. The molecule has 5 rings (SSSR count). The van der Waals surface area contributed by atoms with Gasteiger partial charge >= 0.3 is 6.03 Å². The van der Waals surface area contributed by atoms with E-state index < -0.39 is 0 Å². The van der Waals surface area contributed by atoms with Gasteiger partial charge in [-0.05, 0) is 48.5 Å². The number of hydrogen-bond acceptors (Lipinski definition) is 7. The SMILES string of the molecule is COc1ccc(-c2ccc3ncnc(N4CCN(C(=O)Nc5cccc(Cl)c5)CC4)c3n2)cc1O. The second-order valence-electron chi connectivity index (χ2n) is 8.06. The number of aromatic nitrogens is 3. The Kier molecular flexibility index (Phi) is 6.24. The van der Waals surface area contributed by atoms with Crippen molar-refractivity contribution in [3.8, 4) is 22.8 Å². The van der Waals surface area contributed by atoms with E-state index in [4.69, 9.17) is 21.3 Å². The molecule has 4 aromatic rings. The number of anilines is 2. The van der Waals surface area contributed by atoms with Gasteiger partial charge in [-0.15, -0.1) is 0 Å². The van der Waals surface area contributed by atoms with Crippen LogP contribution in [0.1, 0.15) is 0 Å². The van der Waals surface area contributed by atoms with Gasteiger partial charge in [0.05, 0.1) is 18.3 Å². The monoisotopic (exact) mass is 490 g/mol. The molecule has 0 saturated carbocycles. The Morgan fingerprint density at radius 2 is 1.89 bits per heavy atom. The minimum Gasteiger partial charge on any atom is -0.504 e. The van der Waals surface area contributed by atoms with E-state index >= 15 is 0 Å². The van der Waals surface area contributed by atoms with Crippen LogP contribution in [0.2, 0.25) is 5.02 Å². The lowest BCUT2D eigenvalue weighted by molar-refractivity contribution is 0.208. The largest absolute Gasteiger partial charge is 0.504 e. The fraction of sp³-hybridized carbons (Fsp3) is 0.200. The Hall–Kier alpha value is -4.11. The molecule has 1 aliphatic rings. The van der Waals surface area contributed by atoms with Crippen LogP contribution in [0, 0.1) is 0 Å². The fourth-order valence-electron chi connectivity index (χ4n) is 4.06. The van der Waals surface area contributed by atoms with Crippen LogP contribution in [0.3, 0.4) is 0 Å². The molecule has 1 fully saturated rings. The standard InChI is InChI=1S/C25H23ClN6O3/c1-35-22-8-5-16(13-21(22)33)19-6-7-20-23(30-19)24(28-15-27-20)31-9-11-32(12-10-31)25(34)29-18-4-2-3-17(26)14-18/h2-8,13-15,33H,9-12H2,1H3,(H,29,34). The molecule has 2 aromatic carbocycles. The minimum atomic E-state index is -0.167. The molecule has 3 heterocycles. The number of hydrogen-bond donors (Lipinski definition) is 2. The highest BCUT2D eigenvalue weighted by Gasteiger charge is 2.24. The number of aromatic hydroxyl groups is 1. The first kappa shape index (κ1) is 22.7. The Balaban J connectivity index is 1.34. The van der Waals surface area contributed by atoms with E-state index in [1.165, 1.54) is 13.4 Å².